The smallest absolute Gasteiger partial charge is 0.327 e. The first-order valence-electron chi connectivity index (χ1n) is 6.51. The topological polar surface area (TPSA) is 61.3 Å². The molecule has 20 heavy (non-hydrogen) atoms. The van der Waals surface area contributed by atoms with E-state index in [1.54, 1.807) is 6.07 Å². The van der Waals surface area contributed by atoms with Crippen LogP contribution in [-0.2, 0) is 15.4 Å². The standard InChI is InChI=1S/C12H21N2O3PS2/c1-6-16-18(20-15,19-7-2)17-11-8-10(5)13-12(14-11)9(3)4/h8-9H,6-7H2,1-5H3. The summed E-state index contributed by atoms with van der Waals surface area (Å²) in [7, 11) is 0.401. The molecule has 0 aliphatic heterocycles. The van der Waals surface area contributed by atoms with Gasteiger partial charge in [0.25, 0.3) is 0 Å². The zero-order chi connectivity index (χ0) is 15.2. The third-order valence-corrected chi connectivity index (χ3v) is 8.82. The molecule has 0 N–H and O–H groups in total. The van der Waals surface area contributed by atoms with E-state index in [1.807, 2.05) is 34.6 Å². The predicted octanol–water partition coefficient (Wildman–Crippen LogP) is 3.97. The summed E-state index contributed by atoms with van der Waals surface area (Å²) in [5.74, 6) is 2.10. The molecule has 1 aromatic rings. The third kappa shape index (κ3) is 4.88. The molecule has 1 unspecified atom stereocenters. The van der Waals surface area contributed by atoms with Crippen LogP contribution in [0.25, 0.3) is 0 Å². The van der Waals surface area contributed by atoms with E-state index < -0.39 is 5.69 Å². The molecule has 1 heterocycles. The average molecular weight is 336 g/mol. The number of aromatic nitrogens is 2. The molecular weight excluding hydrogens is 315 g/mol. The Hall–Kier alpha value is -0.360. The van der Waals surface area contributed by atoms with Gasteiger partial charge in [0.1, 0.15) is 5.82 Å². The number of aryl methyl sites for hydroxylation is 1. The summed E-state index contributed by atoms with van der Waals surface area (Å²) in [6, 6.07) is 1.74. The van der Waals surface area contributed by atoms with E-state index in [9.17, 15) is 4.21 Å². The van der Waals surface area contributed by atoms with Crippen LogP contribution >= 0.6 is 17.1 Å². The van der Waals surface area contributed by atoms with Gasteiger partial charge in [-0.15, -0.1) is 0 Å². The number of hydrogen-bond donors (Lipinski definition) is 0. The van der Waals surface area contributed by atoms with Gasteiger partial charge in [-0.05, 0) is 13.8 Å². The van der Waals surface area contributed by atoms with Gasteiger partial charge < -0.3 is 9.05 Å². The zero-order valence-corrected chi connectivity index (χ0v) is 15.0. The van der Waals surface area contributed by atoms with Crippen molar-refractivity contribution in [3.05, 3.63) is 17.6 Å². The van der Waals surface area contributed by atoms with Gasteiger partial charge in [0.15, 0.2) is 10.8 Å². The summed E-state index contributed by atoms with van der Waals surface area (Å²) in [5, 5.41) is 0. The molecule has 0 aromatic carbocycles. The van der Waals surface area contributed by atoms with Gasteiger partial charge in [-0.3, -0.25) is 0 Å². The molecule has 114 valence electrons. The lowest BCUT2D eigenvalue weighted by molar-refractivity contribution is 0.340. The summed E-state index contributed by atoms with van der Waals surface area (Å²) < 4.78 is 23.0. The van der Waals surface area contributed by atoms with Crippen molar-refractivity contribution >= 4 is 27.9 Å². The highest BCUT2D eigenvalue weighted by molar-refractivity contribution is 8.68. The Morgan fingerprint density at radius 3 is 2.55 bits per heavy atom. The van der Waals surface area contributed by atoms with Crippen molar-refractivity contribution in [2.75, 3.05) is 12.4 Å². The minimum atomic E-state index is -2.58. The Kier molecular flexibility index (Phi) is 7.23. The Morgan fingerprint density at radius 2 is 2.05 bits per heavy atom. The van der Waals surface area contributed by atoms with E-state index in [1.165, 1.54) is 11.4 Å². The Bertz CT molecular complexity index is 523. The van der Waals surface area contributed by atoms with Crippen molar-refractivity contribution in [2.45, 2.75) is 40.5 Å². The molecule has 1 rings (SSSR count). The predicted molar refractivity (Wildman–Crippen MR) is 86.3 cm³/mol. The molecule has 0 aliphatic carbocycles. The summed E-state index contributed by atoms with van der Waals surface area (Å²) in [6.07, 6.45) is 0. The molecule has 8 heteroatoms. The van der Waals surface area contributed by atoms with Crippen molar-refractivity contribution in [1.29, 1.82) is 0 Å². The molecular formula is C12H21N2O3PS2. The molecule has 0 aliphatic rings. The molecule has 5 nitrogen and oxygen atoms in total. The quantitative estimate of drug-likeness (QED) is 0.702. The lowest BCUT2D eigenvalue weighted by Crippen LogP contribution is -2.03. The largest absolute Gasteiger partial charge is 0.416 e. The molecule has 0 radical (unpaired) electrons. The monoisotopic (exact) mass is 336 g/mol. The highest BCUT2D eigenvalue weighted by Gasteiger charge is 2.24. The average Bonchev–Trinajstić information content (AvgIpc) is 2.38. The van der Waals surface area contributed by atoms with Gasteiger partial charge in [0.2, 0.25) is 5.88 Å². The molecule has 0 saturated carbocycles. The first-order valence-corrected chi connectivity index (χ1v) is 11.1. The van der Waals surface area contributed by atoms with Crippen molar-refractivity contribution in [3.8, 4) is 5.88 Å². The molecule has 0 bridgehead atoms. The van der Waals surface area contributed by atoms with Crippen molar-refractivity contribution in [2.24, 2.45) is 0 Å². The minimum Gasteiger partial charge on any atom is -0.416 e. The van der Waals surface area contributed by atoms with Crippen molar-refractivity contribution in [3.63, 3.8) is 0 Å². The maximum atomic E-state index is 11.5. The van der Waals surface area contributed by atoms with Crippen LogP contribution in [0.2, 0.25) is 0 Å². The number of hydrogen-bond acceptors (Lipinski definition) is 6. The van der Waals surface area contributed by atoms with E-state index >= 15 is 0 Å². The minimum absolute atomic E-state index is 0.204. The second-order valence-electron chi connectivity index (χ2n) is 4.31. The van der Waals surface area contributed by atoms with Crippen LogP contribution in [0.3, 0.4) is 0 Å². The van der Waals surface area contributed by atoms with Crippen LogP contribution in [0.5, 0.6) is 5.88 Å². The van der Waals surface area contributed by atoms with Gasteiger partial charge >= 0.3 is 5.69 Å². The first-order chi connectivity index (χ1) is 9.46. The highest BCUT2D eigenvalue weighted by Crippen LogP contribution is 2.60. The van der Waals surface area contributed by atoms with E-state index in [0.29, 0.717) is 29.2 Å². The van der Waals surface area contributed by atoms with Crippen LogP contribution in [0.15, 0.2) is 6.07 Å². The van der Waals surface area contributed by atoms with Crippen LogP contribution < -0.4 is 4.52 Å². The summed E-state index contributed by atoms with van der Waals surface area (Å²) >= 11 is 1.42. The van der Waals surface area contributed by atoms with Crippen LogP contribution in [0.1, 0.15) is 45.1 Å². The summed E-state index contributed by atoms with van der Waals surface area (Å²) in [6.45, 7) is 10.2. The zero-order valence-electron chi connectivity index (χ0n) is 12.5. The lowest BCUT2D eigenvalue weighted by Gasteiger charge is -2.20. The van der Waals surface area contributed by atoms with Gasteiger partial charge in [0, 0.05) is 23.4 Å². The summed E-state index contributed by atoms with van der Waals surface area (Å²) in [5.41, 5.74) is -1.76. The second-order valence-corrected chi connectivity index (χ2v) is 11.4. The van der Waals surface area contributed by atoms with Crippen LogP contribution in [-0.4, -0.2) is 26.5 Å². The maximum Gasteiger partial charge on any atom is 0.327 e. The van der Waals surface area contributed by atoms with Crippen molar-refractivity contribution in [1.82, 2.24) is 9.97 Å². The Labute approximate surface area is 127 Å². The van der Waals surface area contributed by atoms with Crippen LogP contribution in [0.4, 0.5) is 0 Å². The fourth-order valence-electron chi connectivity index (χ4n) is 1.45. The van der Waals surface area contributed by atoms with E-state index in [2.05, 4.69) is 9.97 Å². The number of nitrogens with zero attached hydrogens (tertiary/aromatic N) is 2. The molecule has 0 saturated heterocycles. The molecule has 1 atom stereocenters. The molecule has 0 amide bonds. The SMILES string of the molecule is CCOP(Oc1cc(C)nc(C(C)C)n1)(SCC)=S=O. The fraction of sp³-hybridized carbons (Fsp3) is 0.667. The van der Waals surface area contributed by atoms with Crippen molar-refractivity contribution < 1.29 is 13.3 Å². The molecule has 0 spiro atoms. The summed E-state index contributed by atoms with van der Waals surface area (Å²) in [4.78, 5) is 8.75. The molecule has 1 aromatic heterocycles. The first kappa shape index (κ1) is 17.7. The number of rotatable bonds is 7. The van der Waals surface area contributed by atoms with Gasteiger partial charge in [-0.25, -0.2) is 9.19 Å². The Morgan fingerprint density at radius 1 is 1.35 bits per heavy atom. The maximum absolute atomic E-state index is 11.5. The molecule has 0 fully saturated rings. The third-order valence-electron chi connectivity index (χ3n) is 2.24. The van der Waals surface area contributed by atoms with Crippen LogP contribution in [0, 0.1) is 6.92 Å². The Balaban J connectivity index is 3.14. The van der Waals surface area contributed by atoms with E-state index in [-0.39, 0.29) is 5.92 Å². The van der Waals surface area contributed by atoms with Gasteiger partial charge in [-0.1, -0.05) is 32.2 Å². The second kappa shape index (κ2) is 8.17. The highest BCUT2D eigenvalue weighted by atomic mass is 32.9. The van der Waals surface area contributed by atoms with E-state index in [4.69, 9.17) is 9.05 Å². The van der Waals surface area contributed by atoms with Gasteiger partial charge in [0.05, 0.1) is 6.61 Å². The van der Waals surface area contributed by atoms with E-state index in [0.717, 1.165) is 11.4 Å². The lowest BCUT2D eigenvalue weighted by atomic mass is 10.2. The fourth-order valence-corrected chi connectivity index (χ4v) is 6.80. The normalized spacial score (nSPS) is 14.1. The van der Waals surface area contributed by atoms with Gasteiger partial charge in [-0.2, -0.15) is 4.98 Å².